The van der Waals surface area contributed by atoms with E-state index >= 15 is 0 Å². The number of unbranched alkanes of at least 4 members (excludes halogenated alkanes) is 2. The maximum atomic E-state index is 11.6. The van der Waals surface area contributed by atoms with Gasteiger partial charge in [0, 0.05) is 12.8 Å². The Labute approximate surface area is 113 Å². The number of rotatable bonds is 9. The predicted octanol–water partition coefficient (Wildman–Crippen LogP) is 1.18. The Kier molecular flexibility index (Phi) is 9.48. The summed E-state index contributed by atoms with van der Waals surface area (Å²) in [6.07, 6.45) is 3.39. The lowest BCUT2D eigenvalue weighted by Crippen LogP contribution is -2.41. The smallest absolute Gasteiger partial charge is 0.328 e. The van der Waals surface area contributed by atoms with Crippen molar-refractivity contribution in [1.82, 2.24) is 5.32 Å². The molecule has 0 heterocycles. The van der Waals surface area contributed by atoms with Gasteiger partial charge in [-0.2, -0.15) is 0 Å². The summed E-state index contributed by atoms with van der Waals surface area (Å²) >= 11 is 0. The van der Waals surface area contributed by atoms with Crippen LogP contribution in [0.25, 0.3) is 0 Å². The van der Waals surface area contributed by atoms with Crippen molar-refractivity contribution in [3.63, 3.8) is 0 Å². The van der Waals surface area contributed by atoms with Crippen LogP contribution in [0.4, 0.5) is 0 Å². The molecule has 1 atom stereocenters. The minimum absolute atomic E-state index is 0.0610. The Hall–Kier alpha value is -1.59. The van der Waals surface area contributed by atoms with E-state index in [1.807, 2.05) is 6.92 Å². The zero-order chi connectivity index (χ0) is 14.7. The average Bonchev–Trinajstić information content (AvgIpc) is 2.42. The minimum atomic E-state index is -0.793. The quantitative estimate of drug-likeness (QED) is 0.504. The molecule has 0 radical (unpaired) electrons. The highest BCUT2D eigenvalue weighted by molar-refractivity contribution is 5.84. The maximum absolute atomic E-state index is 11.6. The first kappa shape index (κ1) is 17.4. The van der Waals surface area contributed by atoms with Crippen LogP contribution in [0.3, 0.4) is 0 Å². The van der Waals surface area contributed by atoms with Crippen molar-refractivity contribution < 1.29 is 23.9 Å². The van der Waals surface area contributed by atoms with Crippen LogP contribution in [-0.4, -0.2) is 38.1 Å². The van der Waals surface area contributed by atoms with E-state index in [2.05, 4.69) is 14.8 Å². The van der Waals surface area contributed by atoms with E-state index in [1.54, 1.807) is 0 Å². The number of carbonyl (C=O) groups excluding carboxylic acids is 3. The van der Waals surface area contributed by atoms with Crippen molar-refractivity contribution in [2.24, 2.45) is 0 Å². The molecule has 0 aliphatic heterocycles. The van der Waals surface area contributed by atoms with Gasteiger partial charge in [0.25, 0.3) is 0 Å². The highest BCUT2D eigenvalue weighted by atomic mass is 16.5. The van der Waals surface area contributed by atoms with Crippen molar-refractivity contribution in [2.75, 3.05) is 14.2 Å². The van der Waals surface area contributed by atoms with Crippen LogP contribution < -0.4 is 5.32 Å². The highest BCUT2D eigenvalue weighted by Crippen LogP contribution is 2.04. The molecule has 0 aromatic carbocycles. The molecule has 0 fully saturated rings. The normalized spacial score (nSPS) is 11.5. The van der Waals surface area contributed by atoms with Crippen LogP contribution in [0.5, 0.6) is 0 Å². The Balaban J connectivity index is 4.22. The fourth-order valence-corrected chi connectivity index (χ4v) is 1.56. The van der Waals surface area contributed by atoms with Crippen LogP contribution in [0.15, 0.2) is 0 Å². The zero-order valence-electron chi connectivity index (χ0n) is 11.9. The van der Waals surface area contributed by atoms with Crippen LogP contribution in [-0.2, 0) is 23.9 Å². The molecule has 0 unspecified atom stereocenters. The third kappa shape index (κ3) is 8.18. The molecule has 0 rings (SSSR count). The monoisotopic (exact) mass is 273 g/mol. The highest BCUT2D eigenvalue weighted by Gasteiger charge is 2.22. The predicted molar refractivity (Wildman–Crippen MR) is 69.3 cm³/mol. The largest absolute Gasteiger partial charge is 0.469 e. The summed E-state index contributed by atoms with van der Waals surface area (Å²) in [6.45, 7) is 2.05. The van der Waals surface area contributed by atoms with Crippen LogP contribution in [0, 0.1) is 0 Å². The number of carbonyl (C=O) groups is 3. The summed E-state index contributed by atoms with van der Waals surface area (Å²) in [5, 5.41) is 2.58. The van der Waals surface area contributed by atoms with E-state index in [9.17, 15) is 14.4 Å². The maximum Gasteiger partial charge on any atom is 0.328 e. The molecule has 0 spiro atoms. The lowest BCUT2D eigenvalue weighted by Gasteiger charge is -2.15. The summed E-state index contributed by atoms with van der Waals surface area (Å²) < 4.78 is 9.09. The number of ether oxygens (including phenoxy) is 2. The summed E-state index contributed by atoms with van der Waals surface area (Å²) in [4.78, 5) is 34.2. The molecule has 0 aromatic rings. The van der Waals surface area contributed by atoms with E-state index in [-0.39, 0.29) is 18.7 Å². The van der Waals surface area contributed by atoms with Crippen LogP contribution in [0.2, 0.25) is 0 Å². The molecule has 0 aromatic heterocycles. The van der Waals surface area contributed by atoms with Gasteiger partial charge < -0.3 is 14.8 Å². The summed E-state index contributed by atoms with van der Waals surface area (Å²) in [6, 6.07) is -0.793. The van der Waals surface area contributed by atoms with Crippen molar-refractivity contribution in [3.8, 4) is 0 Å². The first-order valence-electron chi connectivity index (χ1n) is 6.49. The lowest BCUT2D eigenvalue weighted by atomic mass is 10.1. The van der Waals surface area contributed by atoms with Crippen molar-refractivity contribution in [2.45, 2.75) is 51.5 Å². The molecule has 0 bridgehead atoms. The second-order valence-electron chi connectivity index (χ2n) is 4.22. The van der Waals surface area contributed by atoms with Gasteiger partial charge >= 0.3 is 11.9 Å². The van der Waals surface area contributed by atoms with Crippen LogP contribution >= 0.6 is 0 Å². The fourth-order valence-electron chi connectivity index (χ4n) is 1.56. The second kappa shape index (κ2) is 10.3. The molecule has 1 N–H and O–H groups in total. The first-order valence-corrected chi connectivity index (χ1v) is 6.49. The molecule has 0 aliphatic carbocycles. The van der Waals surface area contributed by atoms with Crippen LogP contribution in [0.1, 0.15) is 45.4 Å². The third-order valence-electron chi connectivity index (χ3n) is 2.69. The Morgan fingerprint density at radius 1 is 1.05 bits per heavy atom. The standard InChI is InChI=1S/C13H23NO5/c1-4-5-6-7-11(15)14-10(13(17)19-3)8-9-12(16)18-2/h10H,4-9H2,1-3H3,(H,14,15)/t10-/m0/s1. The van der Waals surface area contributed by atoms with Gasteiger partial charge in [-0.05, 0) is 12.8 Å². The van der Waals surface area contributed by atoms with Gasteiger partial charge in [-0.3, -0.25) is 9.59 Å². The van der Waals surface area contributed by atoms with Gasteiger partial charge in [-0.15, -0.1) is 0 Å². The van der Waals surface area contributed by atoms with Gasteiger partial charge in [-0.1, -0.05) is 19.8 Å². The Bertz CT molecular complexity index is 303. The number of amides is 1. The summed E-state index contributed by atoms with van der Waals surface area (Å²) in [5.41, 5.74) is 0. The third-order valence-corrected chi connectivity index (χ3v) is 2.69. The van der Waals surface area contributed by atoms with Gasteiger partial charge in [-0.25, -0.2) is 4.79 Å². The van der Waals surface area contributed by atoms with Gasteiger partial charge in [0.2, 0.25) is 5.91 Å². The molecule has 1 amide bonds. The topological polar surface area (TPSA) is 81.7 Å². The average molecular weight is 273 g/mol. The number of methoxy groups -OCH3 is 2. The number of nitrogens with one attached hydrogen (secondary N) is 1. The molecule has 0 saturated heterocycles. The minimum Gasteiger partial charge on any atom is -0.469 e. The number of hydrogen-bond acceptors (Lipinski definition) is 5. The molecule has 110 valence electrons. The van der Waals surface area contributed by atoms with E-state index in [1.165, 1.54) is 14.2 Å². The molecule has 0 saturated carbocycles. The summed E-state index contributed by atoms with van der Waals surface area (Å²) in [7, 11) is 2.52. The summed E-state index contributed by atoms with van der Waals surface area (Å²) in [5.74, 6) is -1.17. The van der Waals surface area contributed by atoms with Gasteiger partial charge in [0.1, 0.15) is 6.04 Å². The molecule has 0 aliphatic rings. The number of esters is 2. The van der Waals surface area contributed by atoms with Crippen molar-refractivity contribution in [3.05, 3.63) is 0 Å². The van der Waals surface area contributed by atoms with Crippen molar-refractivity contribution in [1.29, 1.82) is 0 Å². The van der Waals surface area contributed by atoms with E-state index in [4.69, 9.17) is 0 Å². The van der Waals surface area contributed by atoms with Gasteiger partial charge in [0.05, 0.1) is 14.2 Å². The Morgan fingerprint density at radius 2 is 1.74 bits per heavy atom. The van der Waals surface area contributed by atoms with Crippen molar-refractivity contribution >= 4 is 17.8 Å². The second-order valence-corrected chi connectivity index (χ2v) is 4.22. The molecular formula is C13H23NO5. The lowest BCUT2D eigenvalue weighted by molar-refractivity contribution is -0.146. The molecule has 6 nitrogen and oxygen atoms in total. The SMILES string of the molecule is CCCCCC(=O)N[C@@H](CCC(=O)OC)C(=O)OC. The molecule has 6 heteroatoms. The fraction of sp³-hybridized carbons (Fsp3) is 0.769. The molecule has 19 heavy (non-hydrogen) atoms. The number of hydrogen-bond donors (Lipinski definition) is 1. The van der Waals surface area contributed by atoms with E-state index in [0.29, 0.717) is 6.42 Å². The van der Waals surface area contributed by atoms with E-state index in [0.717, 1.165) is 19.3 Å². The molecular weight excluding hydrogens is 250 g/mol. The van der Waals surface area contributed by atoms with Gasteiger partial charge in [0.15, 0.2) is 0 Å². The Morgan fingerprint density at radius 3 is 2.26 bits per heavy atom. The first-order chi connectivity index (χ1) is 9.04. The zero-order valence-corrected chi connectivity index (χ0v) is 11.9. The van der Waals surface area contributed by atoms with E-state index < -0.39 is 18.0 Å².